The molecule has 3 aromatic rings. The van der Waals surface area contributed by atoms with E-state index < -0.39 is 5.91 Å². The number of carbonyl (C=O) groups excluding carboxylic acids is 1. The summed E-state index contributed by atoms with van der Waals surface area (Å²) in [5.74, 6) is 0.707. The minimum atomic E-state index is -0.435. The summed E-state index contributed by atoms with van der Waals surface area (Å²) in [5.41, 5.74) is 3.53. The van der Waals surface area contributed by atoms with Crippen LogP contribution in [0.5, 0.6) is 11.5 Å². The monoisotopic (exact) mass is 438 g/mol. The van der Waals surface area contributed by atoms with Gasteiger partial charge in [-0.05, 0) is 41.3 Å². The van der Waals surface area contributed by atoms with Gasteiger partial charge in [0, 0.05) is 12.1 Å². The van der Waals surface area contributed by atoms with E-state index in [4.69, 9.17) is 9.47 Å². The Bertz CT molecular complexity index is 1160. The lowest BCUT2D eigenvalue weighted by Gasteiger charge is -2.16. The number of rotatable bonds is 10. The van der Waals surface area contributed by atoms with Gasteiger partial charge >= 0.3 is 0 Å². The van der Waals surface area contributed by atoms with Crippen molar-refractivity contribution >= 4 is 12.0 Å². The molecule has 1 N–H and O–H groups in total. The van der Waals surface area contributed by atoms with Gasteiger partial charge in [-0.3, -0.25) is 4.79 Å². The SMILES string of the molecule is C=CCc1cc(/C=C(/C#N)C(=O)NCc2ccccc2)cc(OC)c1OCc1ccccc1. The van der Waals surface area contributed by atoms with E-state index in [1.807, 2.05) is 72.8 Å². The fourth-order valence-electron chi connectivity index (χ4n) is 3.31. The van der Waals surface area contributed by atoms with Crippen LogP contribution < -0.4 is 14.8 Å². The zero-order valence-corrected chi connectivity index (χ0v) is 18.6. The highest BCUT2D eigenvalue weighted by molar-refractivity contribution is 6.01. The third-order valence-corrected chi connectivity index (χ3v) is 4.94. The molecule has 0 aliphatic heterocycles. The van der Waals surface area contributed by atoms with Gasteiger partial charge in [-0.2, -0.15) is 5.26 Å². The van der Waals surface area contributed by atoms with Gasteiger partial charge in [0.25, 0.3) is 5.91 Å². The number of carbonyl (C=O) groups is 1. The van der Waals surface area contributed by atoms with Crippen LogP contribution in [0.1, 0.15) is 22.3 Å². The maximum atomic E-state index is 12.6. The first-order valence-electron chi connectivity index (χ1n) is 10.6. The zero-order chi connectivity index (χ0) is 23.5. The Morgan fingerprint density at radius 3 is 2.33 bits per heavy atom. The lowest BCUT2D eigenvalue weighted by atomic mass is 10.0. The molecule has 0 saturated heterocycles. The number of hydrogen-bond donors (Lipinski definition) is 1. The molecule has 0 heterocycles. The second-order valence-electron chi connectivity index (χ2n) is 7.32. The Morgan fingerprint density at radius 2 is 1.73 bits per heavy atom. The Kier molecular flexibility index (Phi) is 8.44. The number of amides is 1. The van der Waals surface area contributed by atoms with Crippen LogP contribution in [0.3, 0.4) is 0 Å². The van der Waals surface area contributed by atoms with Crippen molar-refractivity contribution in [3.63, 3.8) is 0 Å². The van der Waals surface area contributed by atoms with E-state index in [0.717, 1.165) is 16.7 Å². The third kappa shape index (κ3) is 6.59. The minimum absolute atomic E-state index is 0.00971. The van der Waals surface area contributed by atoms with Gasteiger partial charge in [0.05, 0.1) is 7.11 Å². The van der Waals surface area contributed by atoms with E-state index in [0.29, 0.717) is 36.6 Å². The van der Waals surface area contributed by atoms with Crippen molar-refractivity contribution in [3.8, 4) is 17.6 Å². The molecule has 0 aromatic heterocycles. The van der Waals surface area contributed by atoms with Gasteiger partial charge in [0.2, 0.25) is 0 Å². The Hall–Kier alpha value is -4.30. The van der Waals surface area contributed by atoms with Gasteiger partial charge in [-0.1, -0.05) is 66.7 Å². The van der Waals surface area contributed by atoms with E-state index in [-0.39, 0.29) is 5.57 Å². The van der Waals surface area contributed by atoms with Gasteiger partial charge in [0.1, 0.15) is 18.2 Å². The molecule has 0 aliphatic carbocycles. The number of nitrogens with zero attached hydrogens (tertiary/aromatic N) is 1. The first-order chi connectivity index (χ1) is 16.1. The molecule has 3 rings (SSSR count). The molecule has 166 valence electrons. The standard InChI is InChI=1S/C28H26N2O3/c1-3-10-24-15-23(16-25(18-29)28(31)30-19-21-11-6-4-7-12-21)17-26(32-2)27(24)33-20-22-13-8-5-9-14-22/h3-9,11-17H,1,10,19-20H2,2H3,(H,30,31)/b25-16-. The van der Waals surface area contributed by atoms with Gasteiger partial charge < -0.3 is 14.8 Å². The van der Waals surface area contributed by atoms with Crippen LogP contribution in [0.25, 0.3) is 6.08 Å². The van der Waals surface area contributed by atoms with Crippen molar-refractivity contribution in [3.05, 3.63) is 113 Å². The van der Waals surface area contributed by atoms with Gasteiger partial charge in [0.15, 0.2) is 11.5 Å². The second-order valence-corrected chi connectivity index (χ2v) is 7.32. The largest absolute Gasteiger partial charge is 0.493 e. The molecule has 5 nitrogen and oxygen atoms in total. The number of methoxy groups -OCH3 is 1. The van der Waals surface area contributed by atoms with Crippen LogP contribution in [0.15, 0.2) is 91.0 Å². The van der Waals surface area contributed by atoms with Crippen molar-refractivity contribution in [1.29, 1.82) is 5.26 Å². The molecule has 5 heteroatoms. The molecule has 0 unspecified atom stereocenters. The molecule has 0 atom stereocenters. The Balaban J connectivity index is 1.84. The number of nitriles is 1. The van der Waals surface area contributed by atoms with Gasteiger partial charge in [-0.15, -0.1) is 6.58 Å². The molecule has 33 heavy (non-hydrogen) atoms. The van der Waals surface area contributed by atoms with E-state index in [2.05, 4.69) is 11.9 Å². The highest BCUT2D eigenvalue weighted by Crippen LogP contribution is 2.35. The molecule has 0 spiro atoms. The van der Waals surface area contributed by atoms with Crippen LogP contribution in [0, 0.1) is 11.3 Å². The smallest absolute Gasteiger partial charge is 0.262 e. The second kappa shape index (κ2) is 11.9. The predicted octanol–water partition coefficient (Wildman–Crippen LogP) is 5.23. The summed E-state index contributed by atoms with van der Waals surface area (Å²) in [7, 11) is 1.56. The summed E-state index contributed by atoms with van der Waals surface area (Å²) >= 11 is 0. The molecule has 0 bridgehead atoms. The minimum Gasteiger partial charge on any atom is -0.493 e. The van der Waals surface area contributed by atoms with Crippen LogP contribution in [-0.4, -0.2) is 13.0 Å². The summed E-state index contributed by atoms with van der Waals surface area (Å²) < 4.78 is 11.7. The Morgan fingerprint density at radius 1 is 1.06 bits per heavy atom. The van der Waals surface area contributed by atoms with E-state index in [1.54, 1.807) is 25.3 Å². The Labute approximate surface area is 194 Å². The van der Waals surface area contributed by atoms with E-state index in [1.165, 1.54) is 0 Å². The molecular weight excluding hydrogens is 412 g/mol. The first-order valence-corrected chi connectivity index (χ1v) is 10.6. The molecule has 0 radical (unpaired) electrons. The maximum Gasteiger partial charge on any atom is 0.262 e. The van der Waals surface area contributed by atoms with Crippen LogP contribution >= 0.6 is 0 Å². The summed E-state index contributed by atoms with van der Waals surface area (Å²) in [6, 6.07) is 25.0. The lowest BCUT2D eigenvalue weighted by Crippen LogP contribution is -2.23. The summed E-state index contributed by atoms with van der Waals surface area (Å²) in [6.45, 7) is 4.56. The summed E-state index contributed by atoms with van der Waals surface area (Å²) in [4.78, 5) is 12.6. The quantitative estimate of drug-likeness (QED) is 0.267. The van der Waals surface area contributed by atoms with Crippen molar-refractivity contribution in [1.82, 2.24) is 5.32 Å². The van der Waals surface area contributed by atoms with Crippen LogP contribution in [0.2, 0.25) is 0 Å². The third-order valence-electron chi connectivity index (χ3n) is 4.94. The van der Waals surface area contributed by atoms with Crippen molar-refractivity contribution in [2.24, 2.45) is 0 Å². The predicted molar refractivity (Wildman–Crippen MR) is 130 cm³/mol. The topological polar surface area (TPSA) is 71.4 Å². The number of allylic oxidation sites excluding steroid dienone is 1. The van der Waals surface area contributed by atoms with E-state index >= 15 is 0 Å². The first kappa shape index (κ1) is 23.4. The zero-order valence-electron chi connectivity index (χ0n) is 18.6. The van der Waals surface area contributed by atoms with Crippen LogP contribution in [0.4, 0.5) is 0 Å². The number of ether oxygens (including phenoxy) is 2. The van der Waals surface area contributed by atoms with E-state index in [9.17, 15) is 10.1 Å². The number of benzene rings is 3. The summed E-state index contributed by atoms with van der Waals surface area (Å²) in [5, 5.41) is 12.4. The number of nitrogens with one attached hydrogen (secondary N) is 1. The fourth-order valence-corrected chi connectivity index (χ4v) is 3.31. The van der Waals surface area contributed by atoms with Crippen molar-refractivity contribution < 1.29 is 14.3 Å². The van der Waals surface area contributed by atoms with Crippen LogP contribution in [-0.2, 0) is 24.4 Å². The molecule has 0 aliphatic rings. The lowest BCUT2D eigenvalue weighted by molar-refractivity contribution is -0.117. The highest BCUT2D eigenvalue weighted by Gasteiger charge is 2.15. The molecule has 0 fully saturated rings. The van der Waals surface area contributed by atoms with Crippen molar-refractivity contribution in [2.75, 3.05) is 7.11 Å². The summed E-state index contributed by atoms with van der Waals surface area (Å²) in [6.07, 6.45) is 3.87. The van der Waals surface area contributed by atoms with Crippen molar-refractivity contribution in [2.45, 2.75) is 19.6 Å². The number of hydrogen-bond acceptors (Lipinski definition) is 4. The maximum absolute atomic E-state index is 12.6. The average Bonchev–Trinajstić information content (AvgIpc) is 2.86. The van der Waals surface area contributed by atoms with Gasteiger partial charge in [-0.25, -0.2) is 0 Å². The normalized spacial score (nSPS) is 10.7. The molecule has 3 aromatic carbocycles. The fraction of sp³-hybridized carbons (Fsp3) is 0.143. The molecular formula is C28H26N2O3. The molecule has 0 saturated carbocycles. The highest BCUT2D eigenvalue weighted by atomic mass is 16.5. The molecule has 1 amide bonds. The average molecular weight is 439 g/mol.